The Bertz CT molecular complexity index is 609. The smallest absolute Gasteiger partial charge is 0.390 e. The molecule has 1 unspecified atom stereocenters. The van der Waals surface area contributed by atoms with Crippen LogP contribution in [0.4, 0.5) is 0 Å². The highest BCUT2D eigenvalue weighted by atomic mass is 35.5. The molecule has 0 saturated carbocycles. The number of nitrogens with zero attached hydrogens (tertiary/aromatic N) is 4. The van der Waals surface area contributed by atoms with Gasteiger partial charge in [-0.05, 0) is 4.92 Å². The third kappa shape index (κ3) is 6.56. The lowest BCUT2D eigenvalue weighted by Crippen LogP contribution is -2.38. The minimum Gasteiger partial charge on any atom is -0.390 e. The number of rotatable bonds is 9. The maximum absolute atomic E-state index is 13.1. The topological polar surface area (TPSA) is 117 Å². The average Bonchev–Trinajstić information content (AvgIpc) is 2.52. The largest absolute Gasteiger partial charge is 0.429 e. The van der Waals surface area contributed by atoms with Crippen LogP contribution in [0.1, 0.15) is 6.92 Å². The summed E-state index contributed by atoms with van der Waals surface area (Å²) in [6.07, 6.45) is 1.30. The van der Waals surface area contributed by atoms with Crippen LogP contribution in [0.5, 0.6) is 0 Å². The van der Waals surface area contributed by atoms with Gasteiger partial charge < -0.3 is 10.1 Å². The van der Waals surface area contributed by atoms with Crippen LogP contribution in [0.25, 0.3) is 0 Å². The number of alkyl halides is 2. The van der Waals surface area contributed by atoms with Crippen LogP contribution in [0.15, 0.2) is 16.8 Å². The summed E-state index contributed by atoms with van der Waals surface area (Å²) in [4.78, 5) is 26.7. The predicted octanol–water partition coefficient (Wildman–Crippen LogP) is 1.49. The zero-order valence-electron chi connectivity index (χ0n) is 13.9. The first-order valence-corrected chi connectivity index (χ1v) is 9.90. The van der Waals surface area contributed by atoms with E-state index in [4.69, 9.17) is 27.7 Å². The van der Waals surface area contributed by atoms with Gasteiger partial charge in [-0.25, -0.2) is 9.24 Å². The summed E-state index contributed by atoms with van der Waals surface area (Å²) in [6.45, 7) is 1.68. The van der Waals surface area contributed by atoms with Gasteiger partial charge in [-0.1, -0.05) is 4.99 Å². The number of hydrogen-bond donors (Lipinski definition) is 1. The molecule has 0 saturated heterocycles. The average molecular weight is 416 g/mol. The summed E-state index contributed by atoms with van der Waals surface area (Å²) < 4.78 is 19.9. The van der Waals surface area contributed by atoms with E-state index >= 15 is 0 Å². The zero-order chi connectivity index (χ0) is 19.0. The number of amides is 1. The Morgan fingerprint density at radius 2 is 2.12 bits per heavy atom. The molecule has 0 bridgehead atoms. The van der Waals surface area contributed by atoms with E-state index in [0.29, 0.717) is 5.57 Å². The van der Waals surface area contributed by atoms with E-state index in [-0.39, 0.29) is 44.0 Å². The first-order valence-electron chi connectivity index (χ1n) is 7.25. The van der Waals surface area contributed by atoms with Gasteiger partial charge in [0.2, 0.25) is 5.91 Å². The van der Waals surface area contributed by atoms with E-state index in [1.54, 1.807) is 0 Å². The van der Waals surface area contributed by atoms with E-state index in [1.165, 1.54) is 29.7 Å². The van der Waals surface area contributed by atoms with Crippen molar-refractivity contribution in [3.8, 4) is 0 Å². The highest BCUT2D eigenvalue weighted by molar-refractivity contribution is 7.55. The van der Waals surface area contributed by atoms with Crippen LogP contribution in [0.3, 0.4) is 0 Å². The Labute approximate surface area is 155 Å². The lowest BCUT2D eigenvalue weighted by Gasteiger charge is -2.30. The molecule has 142 valence electrons. The molecule has 1 rings (SSSR count). The minimum atomic E-state index is -3.72. The molecule has 25 heavy (non-hydrogen) atoms. The molecular weight excluding hydrogens is 396 g/mol. The SMILES string of the molecule is CC(=O)NP(=O)(OCC1=CN=C([N+](=O)[O-])N(C)C1)N(CCCl)CCCl. The van der Waals surface area contributed by atoms with Crippen molar-refractivity contribution in [3.63, 3.8) is 0 Å². The third-order valence-electron chi connectivity index (χ3n) is 3.09. The van der Waals surface area contributed by atoms with E-state index in [9.17, 15) is 19.5 Å². The van der Waals surface area contributed by atoms with Crippen LogP contribution in [-0.2, 0) is 13.9 Å². The highest BCUT2D eigenvalue weighted by Crippen LogP contribution is 2.46. The molecule has 1 atom stereocenters. The van der Waals surface area contributed by atoms with Gasteiger partial charge in [0.15, 0.2) is 0 Å². The number of guanidine groups is 1. The Hall–Kier alpha value is -1.19. The molecule has 0 aliphatic carbocycles. The Kier molecular flexibility index (Phi) is 8.81. The van der Waals surface area contributed by atoms with Crippen molar-refractivity contribution in [2.24, 2.45) is 4.99 Å². The van der Waals surface area contributed by atoms with E-state index in [2.05, 4.69) is 10.1 Å². The quantitative estimate of drug-likeness (QED) is 0.262. The fraction of sp³-hybridized carbons (Fsp3) is 0.667. The summed E-state index contributed by atoms with van der Waals surface area (Å²) in [7, 11) is -2.21. The molecule has 0 aromatic rings. The van der Waals surface area contributed by atoms with E-state index in [0.717, 1.165) is 0 Å². The minimum absolute atomic E-state index is 0.128. The van der Waals surface area contributed by atoms with Crippen molar-refractivity contribution in [1.82, 2.24) is 14.7 Å². The fourth-order valence-corrected chi connectivity index (χ4v) is 4.54. The first-order chi connectivity index (χ1) is 11.7. The van der Waals surface area contributed by atoms with Gasteiger partial charge in [0.1, 0.15) is 6.20 Å². The summed E-state index contributed by atoms with van der Waals surface area (Å²) in [6, 6.07) is 0. The lowest BCUT2D eigenvalue weighted by molar-refractivity contribution is -0.363. The molecule has 0 aromatic carbocycles. The maximum atomic E-state index is 13.1. The Balaban J connectivity index is 2.91. The number of nitro groups is 1. The number of nitrogens with one attached hydrogen (secondary N) is 1. The molecule has 1 heterocycles. The second-order valence-corrected chi connectivity index (χ2v) is 7.97. The number of likely N-dealkylation sites (N-methyl/N-ethyl adjacent to an activating group) is 1. The molecule has 0 fully saturated rings. The molecule has 1 aliphatic rings. The van der Waals surface area contributed by atoms with Crippen LogP contribution in [0, 0.1) is 10.1 Å². The van der Waals surface area contributed by atoms with Crippen molar-refractivity contribution in [2.75, 3.05) is 45.0 Å². The van der Waals surface area contributed by atoms with Crippen molar-refractivity contribution in [1.29, 1.82) is 0 Å². The van der Waals surface area contributed by atoms with E-state index in [1.807, 2.05) is 0 Å². The normalized spacial score (nSPS) is 16.9. The molecule has 0 spiro atoms. The molecule has 13 heteroatoms. The number of aliphatic imine (C=N–C) groups is 1. The molecule has 10 nitrogen and oxygen atoms in total. The maximum Gasteiger partial charge on any atom is 0.429 e. The Morgan fingerprint density at radius 3 is 2.56 bits per heavy atom. The number of carbonyl (C=O) groups excluding carboxylic acids is 1. The van der Waals surface area contributed by atoms with Gasteiger partial charge in [0, 0.05) is 37.3 Å². The third-order valence-corrected chi connectivity index (χ3v) is 5.65. The van der Waals surface area contributed by atoms with Crippen molar-refractivity contribution < 1.29 is 18.8 Å². The van der Waals surface area contributed by atoms with Crippen LogP contribution in [-0.4, -0.2) is 71.4 Å². The molecule has 1 N–H and O–H groups in total. The van der Waals surface area contributed by atoms with Crippen molar-refractivity contribution in [2.45, 2.75) is 6.92 Å². The van der Waals surface area contributed by atoms with Gasteiger partial charge in [0.25, 0.3) is 0 Å². The zero-order valence-corrected chi connectivity index (χ0v) is 16.3. The Morgan fingerprint density at radius 1 is 1.52 bits per heavy atom. The summed E-state index contributed by atoms with van der Waals surface area (Å²) in [5.74, 6) is -0.474. The fourth-order valence-electron chi connectivity index (χ4n) is 2.06. The number of halogens is 2. The molecular formula is C12H20Cl2N5O5P. The second kappa shape index (κ2) is 10.1. The molecule has 1 aliphatic heterocycles. The number of carbonyl (C=O) groups is 1. The van der Waals surface area contributed by atoms with Gasteiger partial charge in [-0.2, -0.15) is 0 Å². The number of hydrogen-bond acceptors (Lipinski definition) is 7. The lowest BCUT2D eigenvalue weighted by atomic mass is 10.3. The summed E-state index contributed by atoms with van der Waals surface area (Å²) >= 11 is 11.4. The second-order valence-electron chi connectivity index (χ2n) is 5.12. The van der Waals surface area contributed by atoms with Crippen LogP contribution >= 0.6 is 30.9 Å². The first kappa shape index (κ1) is 21.9. The van der Waals surface area contributed by atoms with Crippen LogP contribution < -0.4 is 5.09 Å². The monoisotopic (exact) mass is 415 g/mol. The highest BCUT2D eigenvalue weighted by Gasteiger charge is 2.34. The van der Waals surface area contributed by atoms with E-state index < -0.39 is 18.5 Å². The van der Waals surface area contributed by atoms with Crippen molar-refractivity contribution in [3.05, 3.63) is 21.9 Å². The van der Waals surface area contributed by atoms with Gasteiger partial charge >= 0.3 is 13.6 Å². The molecule has 1 amide bonds. The van der Waals surface area contributed by atoms with Crippen LogP contribution in [0.2, 0.25) is 0 Å². The molecule has 0 radical (unpaired) electrons. The summed E-state index contributed by atoms with van der Waals surface area (Å²) in [5, 5.41) is 13.1. The van der Waals surface area contributed by atoms with Gasteiger partial charge in [0.05, 0.1) is 20.2 Å². The predicted molar refractivity (Wildman–Crippen MR) is 95.5 cm³/mol. The standard InChI is InChI=1S/C12H20Cl2N5O5P/c1-10(20)16-25(23,18(5-3-13)6-4-14)24-9-11-7-15-12(19(21)22)17(2)8-11/h7H,3-6,8-9H2,1-2H3,(H,16,20,23). The molecule has 0 aromatic heterocycles. The van der Waals surface area contributed by atoms with Crippen molar-refractivity contribution >= 4 is 42.7 Å². The van der Waals surface area contributed by atoms with Gasteiger partial charge in [-0.3, -0.25) is 19.3 Å². The van der Waals surface area contributed by atoms with Gasteiger partial charge in [-0.15, -0.1) is 23.2 Å². The summed E-state index contributed by atoms with van der Waals surface area (Å²) in [5.41, 5.74) is 0.565.